The highest BCUT2D eigenvalue weighted by Crippen LogP contribution is 2.26. The average Bonchev–Trinajstić information content (AvgIpc) is 2.85. The summed E-state index contributed by atoms with van der Waals surface area (Å²) >= 11 is 0. The zero-order valence-electron chi connectivity index (χ0n) is 17.9. The van der Waals surface area contributed by atoms with Crippen molar-refractivity contribution in [3.63, 3.8) is 0 Å². The largest absolute Gasteiger partial charge is 0.497 e. The molecule has 0 bridgehead atoms. The molecule has 0 unspecified atom stereocenters. The van der Waals surface area contributed by atoms with Gasteiger partial charge in [0.25, 0.3) is 11.6 Å². The first-order chi connectivity index (χ1) is 16.0. The van der Waals surface area contributed by atoms with Gasteiger partial charge in [0.15, 0.2) is 6.61 Å². The second-order valence-corrected chi connectivity index (χ2v) is 7.03. The molecule has 3 rings (SSSR count). The number of nitro benzene ring substituents is 1. The molecule has 0 fully saturated rings. The van der Waals surface area contributed by atoms with Crippen LogP contribution >= 0.6 is 0 Å². The van der Waals surface area contributed by atoms with Crippen LogP contribution in [0.1, 0.15) is 21.5 Å². The van der Waals surface area contributed by atoms with Gasteiger partial charge in [-0.15, -0.1) is 0 Å². The molecule has 0 heterocycles. The molecule has 0 aliphatic heterocycles. The lowest BCUT2D eigenvalue weighted by molar-refractivity contribution is -0.384. The third-order valence-corrected chi connectivity index (χ3v) is 4.71. The summed E-state index contributed by atoms with van der Waals surface area (Å²) in [7, 11) is 1.55. The van der Waals surface area contributed by atoms with Crippen LogP contribution in [0.25, 0.3) is 0 Å². The highest BCUT2D eigenvalue weighted by Gasteiger charge is 2.19. The minimum absolute atomic E-state index is 0.0208. The van der Waals surface area contributed by atoms with Crippen LogP contribution in [0.3, 0.4) is 0 Å². The molecular formula is C24H23N3O6. The van der Waals surface area contributed by atoms with E-state index in [-0.39, 0.29) is 23.5 Å². The van der Waals surface area contributed by atoms with Gasteiger partial charge < -0.3 is 20.1 Å². The van der Waals surface area contributed by atoms with Crippen molar-refractivity contribution in [1.29, 1.82) is 0 Å². The van der Waals surface area contributed by atoms with Crippen molar-refractivity contribution >= 4 is 23.3 Å². The molecule has 3 aromatic carbocycles. The Balaban J connectivity index is 1.55. The summed E-state index contributed by atoms with van der Waals surface area (Å²) in [6, 6.07) is 20.6. The minimum atomic E-state index is -0.829. The number of esters is 1. The molecule has 0 saturated carbocycles. The summed E-state index contributed by atoms with van der Waals surface area (Å²) in [5, 5.41) is 17.1. The summed E-state index contributed by atoms with van der Waals surface area (Å²) in [5.74, 6) is -0.664. The van der Waals surface area contributed by atoms with Crippen molar-refractivity contribution < 1.29 is 24.0 Å². The zero-order valence-corrected chi connectivity index (χ0v) is 17.9. The van der Waals surface area contributed by atoms with E-state index in [2.05, 4.69) is 10.6 Å². The van der Waals surface area contributed by atoms with Gasteiger partial charge in [0.2, 0.25) is 0 Å². The lowest BCUT2D eigenvalue weighted by Crippen LogP contribution is -2.28. The predicted octanol–water partition coefficient (Wildman–Crippen LogP) is 3.69. The molecule has 3 aromatic rings. The number of ether oxygens (including phenoxy) is 2. The maximum absolute atomic E-state index is 12.3. The number of carbonyl (C=O) groups is 2. The van der Waals surface area contributed by atoms with Gasteiger partial charge in [0.05, 0.1) is 17.6 Å². The van der Waals surface area contributed by atoms with Crippen LogP contribution in [0.2, 0.25) is 0 Å². The number of amides is 1. The lowest BCUT2D eigenvalue weighted by atomic mass is 10.1. The van der Waals surface area contributed by atoms with Crippen LogP contribution in [0.4, 0.5) is 11.4 Å². The molecule has 2 N–H and O–H groups in total. The van der Waals surface area contributed by atoms with E-state index in [0.717, 1.165) is 17.2 Å². The molecule has 0 spiro atoms. The van der Waals surface area contributed by atoms with Gasteiger partial charge >= 0.3 is 5.97 Å². The predicted molar refractivity (Wildman–Crippen MR) is 122 cm³/mol. The molecule has 33 heavy (non-hydrogen) atoms. The fourth-order valence-electron chi connectivity index (χ4n) is 3.00. The molecule has 9 nitrogen and oxygen atoms in total. The summed E-state index contributed by atoms with van der Waals surface area (Å²) in [5.41, 5.74) is 1.77. The second kappa shape index (κ2) is 11.3. The molecule has 0 aliphatic carbocycles. The van der Waals surface area contributed by atoms with Crippen LogP contribution < -0.4 is 15.4 Å². The van der Waals surface area contributed by atoms with Crippen molar-refractivity contribution in [3.05, 3.63) is 99.6 Å². The Labute approximate surface area is 190 Å². The Morgan fingerprint density at radius 1 is 0.939 bits per heavy atom. The fourth-order valence-corrected chi connectivity index (χ4v) is 3.00. The first-order valence-electron chi connectivity index (χ1n) is 10.1. The molecule has 0 saturated heterocycles. The molecule has 0 radical (unpaired) electrons. The van der Waals surface area contributed by atoms with Crippen molar-refractivity contribution in [2.45, 2.75) is 13.1 Å². The average molecular weight is 449 g/mol. The molecule has 0 aromatic heterocycles. The number of nitro groups is 1. The summed E-state index contributed by atoms with van der Waals surface area (Å²) in [6.07, 6.45) is 0. The van der Waals surface area contributed by atoms with Gasteiger partial charge in [-0.25, -0.2) is 4.79 Å². The van der Waals surface area contributed by atoms with Gasteiger partial charge in [-0.3, -0.25) is 14.9 Å². The minimum Gasteiger partial charge on any atom is -0.497 e. The maximum atomic E-state index is 12.3. The van der Waals surface area contributed by atoms with Gasteiger partial charge in [0, 0.05) is 19.2 Å². The number of methoxy groups -OCH3 is 1. The van der Waals surface area contributed by atoms with Gasteiger partial charge in [0.1, 0.15) is 11.4 Å². The van der Waals surface area contributed by atoms with Crippen LogP contribution in [0, 0.1) is 10.1 Å². The topological polar surface area (TPSA) is 120 Å². The van der Waals surface area contributed by atoms with E-state index in [9.17, 15) is 19.7 Å². The van der Waals surface area contributed by atoms with Crippen LogP contribution in [0.5, 0.6) is 5.75 Å². The molecule has 0 aliphatic rings. The Morgan fingerprint density at radius 2 is 1.70 bits per heavy atom. The van der Waals surface area contributed by atoms with Crippen molar-refractivity contribution in [2.24, 2.45) is 0 Å². The summed E-state index contributed by atoms with van der Waals surface area (Å²) in [4.78, 5) is 35.2. The lowest BCUT2D eigenvalue weighted by Gasteiger charge is -2.10. The second-order valence-electron chi connectivity index (χ2n) is 7.03. The Hall–Kier alpha value is -4.40. The molecule has 9 heteroatoms. The zero-order chi connectivity index (χ0) is 23.6. The smallest absolute Gasteiger partial charge is 0.338 e. The molecule has 1 amide bonds. The third-order valence-electron chi connectivity index (χ3n) is 4.71. The van der Waals surface area contributed by atoms with E-state index in [4.69, 9.17) is 9.47 Å². The number of rotatable bonds is 10. The number of nitrogens with one attached hydrogen (secondary N) is 2. The standard InChI is InChI=1S/C24H23N3O6/c1-32-20-9-5-8-18(12-20)15-26-23(28)16-33-24(29)19-10-11-21(22(13-19)27(30)31)25-14-17-6-3-2-4-7-17/h2-13,25H,14-16H2,1H3,(H,26,28). The fraction of sp³-hybridized carbons (Fsp3) is 0.167. The van der Waals surface area contributed by atoms with Crippen LogP contribution in [0.15, 0.2) is 72.8 Å². The first-order valence-corrected chi connectivity index (χ1v) is 10.1. The van der Waals surface area contributed by atoms with Crippen LogP contribution in [-0.2, 0) is 22.6 Å². The summed E-state index contributed by atoms with van der Waals surface area (Å²) in [6.45, 7) is 0.115. The molecule has 170 valence electrons. The highest BCUT2D eigenvalue weighted by atomic mass is 16.6. The SMILES string of the molecule is COc1cccc(CNC(=O)COC(=O)c2ccc(NCc3ccccc3)c([N+](=O)[O-])c2)c1. The van der Waals surface area contributed by atoms with Gasteiger partial charge in [-0.1, -0.05) is 42.5 Å². The Kier molecular flexibility index (Phi) is 7.96. The van der Waals surface area contributed by atoms with Crippen molar-refractivity contribution in [2.75, 3.05) is 19.0 Å². The van der Waals surface area contributed by atoms with E-state index in [1.807, 2.05) is 36.4 Å². The first kappa shape index (κ1) is 23.3. The van der Waals surface area contributed by atoms with Gasteiger partial charge in [-0.05, 0) is 35.4 Å². The Morgan fingerprint density at radius 3 is 2.42 bits per heavy atom. The monoisotopic (exact) mass is 449 g/mol. The quantitative estimate of drug-likeness (QED) is 0.275. The highest BCUT2D eigenvalue weighted by molar-refractivity contribution is 5.93. The van der Waals surface area contributed by atoms with E-state index < -0.39 is 23.4 Å². The van der Waals surface area contributed by atoms with E-state index in [1.54, 1.807) is 25.3 Å². The number of benzene rings is 3. The van der Waals surface area contributed by atoms with Crippen molar-refractivity contribution in [1.82, 2.24) is 5.32 Å². The number of hydrogen-bond donors (Lipinski definition) is 2. The number of anilines is 1. The van der Waals surface area contributed by atoms with Crippen LogP contribution in [-0.4, -0.2) is 30.5 Å². The number of carbonyl (C=O) groups excluding carboxylic acids is 2. The van der Waals surface area contributed by atoms with E-state index >= 15 is 0 Å². The number of hydrogen-bond acceptors (Lipinski definition) is 7. The van der Waals surface area contributed by atoms with Crippen molar-refractivity contribution in [3.8, 4) is 5.75 Å². The Bertz CT molecular complexity index is 1130. The summed E-state index contributed by atoms with van der Waals surface area (Å²) < 4.78 is 10.1. The third kappa shape index (κ3) is 6.79. The number of nitrogens with zero attached hydrogens (tertiary/aromatic N) is 1. The maximum Gasteiger partial charge on any atom is 0.338 e. The molecular weight excluding hydrogens is 426 g/mol. The normalized spacial score (nSPS) is 10.2. The molecule has 0 atom stereocenters. The van der Waals surface area contributed by atoms with E-state index in [0.29, 0.717) is 12.3 Å². The van der Waals surface area contributed by atoms with Gasteiger partial charge in [-0.2, -0.15) is 0 Å². The van der Waals surface area contributed by atoms with E-state index in [1.165, 1.54) is 12.1 Å².